The lowest BCUT2D eigenvalue weighted by Crippen LogP contribution is -2.51. The van der Waals surface area contributed by atoms with Crippen LogP contribution in [0.2, 0.25) is 0 Å². The molecule has 0 spiro atoms. The Morgan fingerprint density at radius 3 is 2.63 bits per heavy atom. The van der Waals surface area contributed by atoms with E-state index >= 15 is 0 Å². The monoisotopic (exact) mass is 417 g/mol. The number of halogens is 1. The number of carbonyl (C=O) groups is 1. The molecule has 8 heteroatoms. The van der Waals surface area contributed by atoms with Crippen molar-refractivity contribution in [3.63, 3.8) is 0 Å². The van der Waals surface area contributed by atoms with Crippen LogP contribution in [0, 0.1) is 0 Å². The maximum Gasteiger partial charge on any atom is 0.254 e. The minimum Gasteiger partial charge on any atom is -0.342 e. The zero-order valence-electron chi connectivity index (χ0n) is 16.4. The number of sulfonamides is 1. The molecular formula is C19H32ClN3O3S. The van der Waals surface area contributed by atoms with Crippen molar-refractivity contribution in [3.05, 3.63) is 29.8 Å². The highest BCUT2D eigenvalue weighted by Crippen LogP contribution is 2.29. The molecule has 1 amide bonds. The van der Waals surface area contributed by atoms with Crippen LogP contribution >= 0.6 is 12.4 Å². The van der Waals surface area contributed by atoms with Crippen LogP contribution in [0.5, 0.6) is 0 Å². The predicted octanol–water partition coefficient (Wildman–Crippen LogP) is 2.87. The predicted molar refractivity (Wildman–Crippen MR) is 111 cm³/mol. The summed E-state index contributed by atoms with van der Waals surface area (Å²) < 4.78 is 28.2. The van der Waals surface area contributed by atoms with E-state index in [0.29, 0.717) is 13.1 Å². The molecule has 1 aromatic carbocycles. The van der Waals surface area contributed by atoms with Crippen LogP contribution in [0.1, 0.15) is 56.3 Å². The molecule has 27 heavy (non-hydrogen) atoms. The Hall–Kier alpha value is -1.15. The van der Waals surface area contributed by atoms with E-state index < -0.39 is 10.0 Å². The summed E-state index contributed by atoms with van der Waals surface area (Å²) in [5.74, 6) is -0.257. The summed E-state index contributed by atoms with van der Waals surface area (Å²) in [4.78, 5) is 14.5. The number of amides is 1. The van der Waals surface area contributed by atoms with Crippen molar-refractivity contribution < 1.29 is 13.2 Å². The van der Waals surface area contributed by atoms with E-state index in [0.717, 1.165) is 32.1 Å². The largest absolute Gasteiger partial charge is 0.342 e. The zero-order valence-corrected chi connectivity index (χ0v) is 18.1. The van der Waals surface area contributed by atoms with Crippen molar-refractivity contribution in [2.24, 2.45) is 5.73 Å². The summed E-state index contributed by atoms with van der Waals surface area (Å²) in [6.45, 7) is 4.95. The highest BCUT2D eigenvalue weighted by Gasteiger charge is 2.37. The van der Waals surface area contributed by atoms with Gasteiger partial charge in [0.25, 0.3) is 5.91 Å². The summed E-state index contributed by atoms with van der Waals surface area (Å²) in [5, 5.41) is 0. The van der Waals surface area contributed by atoms with Crippen molar-refractivity contribution >= 4 is 28.3 Å². The second-order valence-electron chi connectivity index (χ2n) is 7.11. The molecular weight excluding hydrogens is 386 g/mol. The third-order valence-corrected chi connectivity index (χ3v) is 6.99. The van der Waals surface area contributed by atoms with E-state index in [1.807, 2.05) is 6.92 Å². The molecule has 1 aliphatic rings. The van der Waals surface area contributed by atoms with Gasteiger partial charge < -0.3 is 10.6 Å². The summed E-state index contributed by atoms with van der Waals surface area (Å²) >= 11 is 0. The van der Waals surface area contributed by atoms with Gasteiger partial charge in [0.1, 0.15) is 0 Å². The molecule has 1 heterocycles. The number of rotatable bonds is 7. The molecule has 154 valence electrons. The summed E-state index contributed by atoms with van der Waals surface area (Å²) in [6.07, 6.45) is 4.40. The fraction of sp³-hybridized carbons (Fsp3) is 0.632. The lowest BCUT2D eigenvalue weighted by atomic mass is 10.00. The van der Waals surface area contributed by atoms with Crippen LogP contribution < -0.4 is 5.73 Å². The number of nitrogens with zero attached hydrogens (tertiary/aromatic N) is 2. The average molecular weight is 418 g/mol. The third-order valence-electron chi connectivity index (χ3n) is 5.00. The van der Waals surface area contributed by atoms with E-state index in [4.69, 9.17) is 5.73 Å². The Kier molecular flexibility index (Phi) is 9.21. The van der Waals surface area contributed by atoms with Crippen LogP contribution in [0.25, 0.3) is 0 Å². The highest BCUT2D eigenvalue weighted by molar-refractivity contribution is 7.89. The van der Waals surface area contributed by atoms with E-state index in [9.17, 15) is 13.2 Å². The van der Waals surface area contributed by atoms with Crippen molar-refractivity contribution in [3.8, 4) is 0 Å². The standard InChI is InChI=1S/C19H31N3O3S.ClH/c1-4-5-13-21(3)19(23)16-10-6-7-12-18(16)26(24,25)22-14-9-8-11-17(22)15(2)20;/h6-7,10,12,15,17H,4-5,8-9,11,13-14,20H2,1-3H3;1H. The van der Waals surface area contributed by atoms with Gasteiger partial charge in [0, 0.05) is 32.2 Å². The topological polar surface area (TPSA) is 83.7 Å². The molecule has 1 fully saturated rings. The Balaban J connectivity index is 0.00000364. The number of hydrogen-bond acceptors (Lipinski definition) is 4. The van der Waals surface area contributed by atoms with Crippen LogP contribution in [-0.4, -0.2) is 55.8 Å². The third kappa shape index (κ3) is 5.44. The normalized spacial score (nSPS) is 19.2. The van der Waals surface area contributed by atoms with Crippen LogP contribution in [0.3, 0.4) is 0 Å². The van der Waals surface area contributed by atoms with Gasteiger partial charge in [-0.1, -0.05) is 31.9 Å². The van der Waals surface area contributed by atoms with Crippen molar-refractivity contribution in [1.29, 1.82) is 0 Å². The zero-order chi connectivity index (χ0) is 19.3. The molecule has 2 N–H and O–H groups in total. The van der Waals surface area contributed by atoms with E-state index in [2.05, 4.69) is 6.92 Å². The van der Waals surface area contributed by atoms with Crippen molar-refractivity contribution in [1.82, 2.24) is 9.21 Å². The lowest BCUT2D eigenvalue weighted by Gasteiger charge is -2.37. The number of piperidine rings is 1. The maximum atomic E-state index is 13.4. The van der Waals surface area contributed by atoms with Gasteiger partial charge in [0.2, 0.25) is 10.0 Å². The molecule has 1 saturated heterocycles. The first-order valence-corrected chi connectivity index (χ1v) is 10.9. The second-order valence-corrected chi connectivity index (χ2v) is 8.97. The molecule has 0 saturated carbocycles. The van der Waals surface area contributed by atoms with Crippen molar-refractivity contribution in [2.75, 3.05) is 20.1 Å². The number of nitrogens with two attached hydrogens (primary N) is 1. The highest BCUT2D eigenvalue weighted by atomic mass is 35.5. The van der Waals surface area contributed by atoms with Gasteiger partial charge in [-0.05, 0) is 38.3 Å². The lowest BCUT2D eigenvalue weighted by molar-refractivity contribution is 0.0789. The van der Waals surface area contributed by atoms with E-state index in [1.54, 1.807) is 30.1 Å². The first kappa shape index (κ1) is 23.9. The Labute approximate surface area is 169 Å². The van der Waals surface area contributed by atoms with Gasteiger partial charge in [0.05, 0.1) is 10.5 Å². The fourth-order valence-corrected chi connectivity index (χ4v) is 5.41. The minimum absolute atomic E-state index is 0. The van der Waals surface area contributed by atoms with E-state index in [-0.39, 0.29) is 40.9 Å². The molecule has 0 aliphatic carbocycles. The Bertz CT molecular complexity index is 725. The Morgan fingerprint density at radius 2 is 2.00 bits per heavy atom. The van der Waals surface area contributed by atoms with E-state index in [1.165, 1.54) is 10.4 Å². The quantitative estimate of drug-likeness (QED) is 0.739. The number of hydrogen-bond donors (Lipinski definition) is 1. The fourth-order valence-electron chi connectivity index (χ4n) is 3.45. The molecule has 0 aromatic heterocycles. The van der Waals surface area contributed by atoms with Crippen molar-refractivity contribution in [2.45, 2.75) is 62.9 Å². The van der Waals surface area contributed by atoms with Gasteiger partial charge in [-0.15, -0.1) is 12.4 Å². The summed E-state index contributed by atoms with van der Waals surface area (Å²) in [6, 6.07) is 6.03. The van der Waals surface area contributed by atoms with Gasteiger partial charge in [-0.2, -0.15) is 4.31 Å². The molecule has 2 unspecified atom stereocenters. The number of benzene rings is 1. The number of unbranched alkanes of at least 4 members (excludes halogenated alkanes) is 1. The molecule has 0 radical (unpaired) electrons. The molecule has 6 nitrogen and oxygen atoms in total. The minimum atomic E-state index is -3.78. The molecule has 0 bridgehead atoms. The second kappa shape index (κ2) is 10.4. The van der Waals surface area contributed by atoms with Crippen LogP contribution in [0.4, 0.5) is 0 Å². The summed E-state index contributed by atoms with van der Waals surface area (Å²) in [5.41, 5.74) is 6.29. The van der Waals surface area contributed by atoms with Crippen LogP contribution in [0.15, 0.2) is 29.2 Å². The molecule has 2 atom stereocenters. The Morgan fingerprint density at radius 1 is 1.33 bits per heavy atom. The summed E-state index contributed by atoms with van der Waals surface area (Å²) in [7, 11) is -2.06. The smallest absolute Gasteiger partial charge is 0.254 e. The van der Waals surface area contributed by atoms with Gasteiger partial charge in [-0.3, -0.25) is 4.79 Å². The SMILES string of the molecule is CCCCN(C)C(=O)c1ccccc1S(=O)(=O)N1CCCCC1C(C)N.Cl. The number of carbonyl (C=O) groups excluding carboxylic acids is 1. The molecule has 1 aliphatic heterocycles. The first-order chi connectivity index (χ1) is 12.3. The van der Waals surface area contributed by atoms with Crippen LogP contribution in [-0.2, 0) is 10.0 Å². The van der Waals surface area contributed by atoms with Gasteiger partial charge in [-0.25, -0.2) is 8.42 Å². The molecule has 2 rings (SSSR count). The maximum absolute atomic E-state index is 13.4. The van der Waals surface area contributed by atoms with Gasteiger partial charge in [0.15, 0.2) is 0 Å². The van der Waals surface area contributed by atoms with Gasteiger partial charge >= 0.3 is 0 Å². The molecule has 1 aromatic rings. The first-order valence-electron chi connectivity index (χ1n) is 9.42. The average Bonchev–Trinajstić information content (AvgIpc) is 2.65.